The standard InChI is InChI=1S/C27H28FN5O9/c1-3-27(12-38-22(34)26-7-4-15(5-8-26)6-9-26)19(42-24(35)37-11-17-14(2)40-25(36)41-17)16(10-39-27)33-13-30-18-20(29)31-23(28)32-21(18)33/h1,13,15-16,19H,4-12H2,2H3,(H2,29,31,32)/t15?,16?,19-,26?,27+/m0/s1. The fourth-order valence-corrected chi connectivity index (χ4v) is 6.21. The number of terminal acetylenes is 1. The van der Waals surface area contributed by atoms with Crippen molar-refractivity contribution in [1.29, 1.82) is 0 Å². The van der Waals surface area contributed by atoms with Crippen LogP contribution in [0.25, 0.3) is 11.2 Å². The molecule has 7 rings (SSSR count). The zero-order valence-electron chi connectivity index (χ0n) is 22.7. The topological polar surface area (TPSA) is 184 Å². The summed E-state index contributed by atoms with van der Waals surface area (Å²) >= 11 is 0. The quantitative estimate of drug-likeness (QED) is 0.243. The molecule has 15 heteroatoms. The number of esters is 1. The molecule has 14 nitrogen and oxygen atoms in total. The number of nitrogens with zero attached hydrogens (tertiary/aromatic N) is 4. The van der Waals surface area contributed by atoms with Gasteiger partial charge in [0.15, 0.2) is 35.7 Å². The van der Waals surface area contributed by atoms with Gasteiger partial charge in [0.1, 0.15) is 18.2 Å². The monoisotopic (exact) mass is 585 g/mol. The molecule has 0 aromatic carbocycles. The molecule has 4 fully saturated rings. The molecule has 4 aliphatic rings. The van der Waals surface area contributed by atoms with E-state index in [4.69, 9.17) is 39.9 Å². The Balaban J connectivity index is 1.27. The van der Waals surface area contributed by atoms with E-state index in [1.807, 2.05) is 0 Å². The van der Waals surface area contributed by atoms with Crippen LogP contribution < -0.4 is 11.6 Å². The minimum Gasteiger partial charge on any atom is -0.461 e. The Hall–Kier alpha value is -4.45. The Bertz CT molecular complexity index is 1620. The molecule has 3 saturated carbocycles. The van der Waals surface area contributed by atoms with E-state index in [-0.39, 0.29) is 41.1 Å². The van der Waals surface area contributed by atoms with Crippen LogP contribution in [0.1, 0.15) is 56.1 Å². The van der Waals surface area contributed by atoms with Gasteiger partial charge in [-0.15, -0.1) is 6.42 Å². The maximum Gasteiger partial charge on any atom is 0.519 e. The molecule has 3 aromatic heterocycles. The molecule has 3 aliphatic carbocycles. The number of halogens is 1. The molecular weight excluding hydrogens is 557 g/mol. The molecule has 42 heavy (non-hydrogen) atoms. The predicted molar refractivity (Wildman–Crippen MR) is 138 cm³/mol. The van der Waals surface area contributed by atoms with Crippen LogP contribution in [0.5, 0.6) is 0 Å². The summed E-state index contributed by atoms with van der Waals surface area (Å²) in [5.74, 6) is 1.74. The Morgan fingerprint density at radius 3 is 2.62 bits per heavy atom. The number of aryl methyl sites for hydroxylation is 1. The van der Waals surface area contributed by atoms with Gasteiger partial charge in [0.25, 0.3) is 0 Å². The number of nitrogen functional groups attached to an aromatic ring is 1. The summed E-state index contributed by atoms with van der Waals surface area (Å²) in [4.78, 5) is 49.1. The number of nitrogens with two attached hydrogens (primary N) is 1. The molecule has 3 atom stereocenters. The molecule has 0 amide bonds. The smallest absolute Gasteiger partial charge is 0.461 e. The Morgan fingerprint density at radius 2 is 1.95 bits per heavy atom. The van der Waals surface area contributed by atoms with E-state index in [0.717, 1.165) is 38.5 Å². The van der Waals surface area contributed by atoms with Crippen LogP contribution in [0.2, 0.25) is 0 Å². The van der Waals surface area contributed by atoms with Crippen LogP contribution in [0.15, 0.2) is 20.0 Å². The lowest BCUT2D eigenvalue weighted by Crippen LogP contribution is -2.49. The Labute approximate surface area is 237 Å². The average molecular weight is 586 g/mol. The molecule has 1 aliphatic heterocycles. The molecule has 0 spiro atoms. The number of hydrogen-bond acceptors (Lipinski definition) is 13. The Morgan fingerprint density at radius 1 is 1.21 bits per heavy atom. The summed E-state index contributed by atoms with van der Waals surface area (Å²) in [6.07, 6.45) is 8.79. The van der Waals surface area contributed by atoms with E-state index in [1.165, 1.54) is 17.8 Å². The van der Waals surface area contributed by atoms with E-state index in [1.54, 1.807) is 0 Å². The van der Waals surface area contributed by atoms with Gasteiger partial charge in [-0.25, -0.2) is 14.6 Å². The second-order valence-corrected chi connectivity index (χ2v) is 11.0. The third-order valence-corrected chi connectivity index (χ3v) is 8.67. The van der Waals surface area contributed by atoms with Crippen molar-refractivity contribution in [3.63, 3.8) is 0 Å². The molecule has 3 aromatic rings. The van der Waals surface area contributed by atoms with Crippen molar-refractivity contribution in [2.24, 2.45) is 11.3 Å². The predicted octanol–water partition coefficient (Wildman–Crippen LogP) is 2.58. The van der Waals surface area contributed by atoms with Crippen molar-refractivity contribution < 1.29 is 41.8 Å². The first-order valence-electron chi connectivity index (χ1n) is 13.5. The second kappa shape index (κ2) is 10.4. The molecule has 222 valence electrons. The van der Waals surface area contributed by atoms with Crippen LogP contribution >= 0.6 is 0 Å². The second-order valence-electron chi connectivity index (χ2n) is 11.0. The molecule has 0 radical (unpaired) electrons. The number of rotatable bonds is 7. The van der Waals surface area contributed by atoms with E-state index < -0.39 is 54.4 Å². The third kappa shape index (κ3) is 4.75. The maximum absolute atomic E-state index is 14.1. The number of carbonyl (C=O) groups excluding carboxylic acids is 2. The van der Waals surface area contributed by atoms with Gasteiger partial charge in [0, 0.05) is 0 Å². The van der Waals surface area contributed by atoms with Crippen molar-refractivity contribution in [2.45, 2.75) is 69.8 Å². The lowest BCUT2D eigenvalue weighted by Gasteiger charge is -2.44. The van der Waals surface area contributed by atoms with Gasteiger partial charge < -0.3 is 38.1 Å². The average Bonchev–Trinajstić information content (AvgIpc) is 3.66. The first kappa shape index (κ1) is 27.7. The van der Waals surface area contributed by atoms with Crippen LogP contribution in [0, 0.1) is 36.7 Å². The highest BCUT2D eigenvalue weighted by molar-refractivity contribution is 5.81. The van der Waals surface area contributed by atoms with Gasteiger partial charge in [-0.2, -0.15) is 14.4 Å². The van der Waals surface area contributed by atoms with Crippen molar-refractivity contribution in [3.8, 4) is 12.3 Å². The van der Waals surface area contributed by atoms with Crippen molar-refractivity contribution >= 4 is 29.1 Å². The summed E-state index contributed by atoms with van der Waals surface area (Å²) in [6.45, 7) is 0.413. The number of ether oxygens (including phenoxy) is 4. The highest BCUT2D eigenvalue weighted by Crippen LogP contribution is 2.51. The van der Waals surface area contributed by atoms with Crippen LogP contribution in [-0.4, -0.2) is 56.6 Å². The molecular formula is C27H28FN5O9. The van der Waals surface area contributed by atoms with Crippen molar-refractivity contribution in [1.82, 2.24) is 19.5 Å². The van der Waals surface area contributed by atoms with Gasteiger partial charge in [-0.3, -0.25) is 4.79 Å². The van der Waals surface area contributed by atoms with E-state index in [2.05, 4.69) is 20.9 Å². The number of hydrogen-bond donors (Lipinski definition) is 1. The highest BCUT2D eigenvalue weighted by atomic mass is 19.1. The largest absolute Gasteiger partial charge is 0.519 e. The van der Waals surface area contributed by atoms with Crippen molar-refractivity contribution in [3.05, 3.63) is 34.5 Å². The molecule has 2 bridgehead atoms. The first-order valence-corrected chi connectivity index (χ1v) is 13.5. The van der Waals surface area contributed by atoms with Gasteiger partial charge in [-0.05, 0) is 51.4 Å². The number of anilines is 1. The van der Waals surface area contributed by atoms with Gasteiger partial charge in [-0.1, -0.05) is 5.92 Å². The van der Waals surface area contributed by atoms with Crippen LogP contribution in [0.3, 0.4) is 0 Å². The normalized spacial score (nSPS) is 28.5. The maximum atomic E-state index is 14.1. The summed E-state index contributed by atoms with van der Waals surface area (Å²) in [7, 11) is 0. The van der Waals surface area contributed by atoms with Gasteiger partial charge >= 0.3 is 24.0 Å². The summed E-state index contributed by atoms with van der Waals surface area (Å²) in [6, 6.07) is -0.914. The summed E-state index contributed by atoms with van der Waals surface area (Å²) < 4.78 is 47.8. The van der Waals surface area contributed by atoms with Crippen LogP contribution in [-0.2, 0) is 30.3 Å². The lowest BCUT2D eigenvalue weighted by atomic mass is 9.61. The first-order chi connectivity index (χ1) is 20.1. The number of aromatic nitrogens is 4. The summed E-state index contributed by atoms with van der Waals surface area (Å²) in [5.41, 5.74) is 3.63. The Kier molecular flexibility index (Phi) is 6.88. The zero-order chi connectivity index (χ0) is 29.6. The summed E-state index contributed by atoms with van der Waals surface area (Å²) in [5, 5.41) is 0. The van der Waals surface area contributed by atoms with E-state index >= 15 is 0 Å². The highest BCUT2D eigenvalue weighted by Gasteiger charge is 2.56. The molecule has 2 N–H and O–H groups in total. The van der Waals surface area contributed by atoms with Crippen molar-refractivity contribution in [2.75, 3.05) is 18.9 Å². The zero-order valence-corrected chi connectivity index (χ0v) is 22.7. The van der Waals surface area contributed by atoms with E-state index in [9.17, 15) is 18.8 Å². The minimum atomic E-state index is -1.74. The molecule has 1 unspecified atom stereocenters. The fraction of sp³-hybridized carbons (Fsp3) is 0.556. The minimum absolute atomic E-state index is 0.00837. The van der Waals surface area contributed by atoms with E-state index in [0.29, 0.717) is 5.92 Å². The number of fused-ring (bicyclic) bond motifs is 4. The SMILES string of the molecule is C#C[C@]1(COC(=O)C23CCC(CC2)CC3)OCC(n2cnc3c(N)nc(F)nc32)[C@@H]1OC(=O)OCc1oc(=O)oc1C. The lowest BCUT2D eigenvalue weighted by molar-refractivity contribution is -0.171. The molecule has 4 heterocycles. The van der Waals surface area contributed by atoms with Gasteiger partial charge in [0.05, 0.1) is 18.3 Å². The van der Waals surface area contributed by atoms with Crippen LogP contribution in [0.4, 0.5) is 15.0 Å². The third-order valence-electron chi connectivity index (χ3n) is 8.67. The number of carbonyl (C=O) groups is 2. The van der Waals surface area contributed by atoms with Gasteiger partial charge in [0.2, 0.25) is 5.60 Å². The molecule has 1 saturated heterocycles. The number of imidazole rings is 1. The fourth-order valence-electron chi connectivity index (χ4n) is 6.21.